The van der Waals surface area contributed by atoms with E-state index in [4.69, 9.17) is 13.6 Å². The second kappa shape index (κ2) is 4.03. The van der Waals surface area contributed by atoms with Crippen molar-refractivity contribution >= 4 is 17.1 Å². The molecule has 0 unspecified atom stereocenters. The van der Waals surface area contributed by atoms with E-state index in [9.17, 15) is 4.79 Å². The third-order valence-corrected chi connectivity index (χ3v) is 2.56. The molecule has 5 heteroatoms. The summed E-state index contributed by atoms with van der Waals surface area (Å²) in [6, 6.07) is 8.57. The van der Waals surface area contributed by atoms with Crippen LogP contribution < -0.4 is 0 Å². The fourth-order valence-electron chi connectivity index (χ4n) is 1.73. The standard InChI is InChI=1S/C13H9NO4/c1-16-13(15)8-4-2-5-9-11(8)14-12(18-9)10-6-3-7-17-10/h2-7H,1H3. The number of rotatable bonds is 2. The highest BCUT2D eigenvalue weighted by Crippen LogP contribution is 2.26. The molecule has 0 amide bonds. The number of oxazole rings is 1. The number of furan rings is 1. The molecule has 0 aliphatic heterocycles. The monoisotopic (exact) mass is 243 g/mol. The third kappa shape index (κ3) is 1.57. The van der Waals surface area contributed by atoms with Crippen LogP contribution in [0.3, 0.4) is 0 Å². The minimum Gasteiger partial charge on any atom is -0.465 e. The smallest absolute Gasteiger partial charge is 0.340 e. The molecule has 0 atom stereocenters. The lowest BCUT2D eigenvalue weighted by atomic mass is 10.2. The van der Waals surface area contributed by atoms with E-state index >= 15 is 0 Å². The van der Waals surface area contributed by atoms with Crippen LogP contribution in [0, 0.1) is 0 Å². The van der Waals surface area contributed by atoms with E-state index < -0.39 is 5.97 Å². The van der Waals surface area contributed by atoms with Gasteiger partial charge >= 0.3 is 5.97 Å². The van der Waals surface area contributed by atoms with Gasteiger partial charge in [0.15, 0.2) is 11.3 Å². The minimum atomic E-state index is -0.445. The van der Waals surface area contributed by atoms with Crippen LogP contribution in [0.25, 0.3) is 22.8 Å². The zero-order chi connectivity index (χ0) is 12.5. The van der Waals surface area contributed by atoms with Gasteiger partial charge in [0.1, 0.15) is 5.52 Å². The van der Waals surface area contributed by atoms with Gasteiger partial charge in [-0.25, -0.2) is 9.78 Å². The van der Waals surface area contributed by atoms with Crippen LogP contribution in [0.2, 0.25) is 0 Å². The average Bonchev–Trinajstić information content (AvgIpc) is 3.04. The summed E-state index contributed by atoms with van der Waals surface area (Å²) in [5.41, 5.74) is 1.36. The van der Waals surface area contributed by atoms with Crippen molar-refractivity contribution in [2.75, 3.05) is 7.11 Å². The summed E-state index contributed by atoms with van der Waals surface area (Å²) in [5.74, 6) is 0.410. The van der Waals surface area contributed by atoms with Gasteiger partial charge in [0.25, 0.3) is 5.89 Å². The maximum absolute atomic E-state index is 11.6. The van der Waals surface area contributed by atoms with Crippen LogP contribution in [-0.4, -0.2) is 18.1 Å². The van der Waals surface area contributed by atoms with Crippen molar-refractivity contribution in [1.29, 1.82) is 0 Å². The summed E-state index contributed by atoms with van der Waals surface area (Å²) in [6.07, 6.45) is 1.53. The lowest BCUT2D eigenvalue weighted by molar-refractivity contribution is 0.0603. The Bertz CT molecular complexity index is 697. The Kier molecular flexibility index (Phi) is 2.37. The first-order valence-corrected chi connectivity index (χ1v) is 5.31. The van der Waals surface area contributed by atoms with Gasteiger partial charge in [0.05, 0.1) is 18.9 Å². The second-order valence-electron chi connectivity index (χ2n) is 3.64. The first kappa shape index (κ1) is 10.6. The number of para-hydroxylation sites is 1. The van der Waals surface area contributed by atoms with E-state index in [1.165, 1.54) is 13.4 Å². The fourth-order valence-corrected chi connectivity index (χ4v) is 1.73. The molecular weight excluding hydrogens is 234 g/mol. The molecular formula is C13H9NO4. The molecule has 0 spiro atoms. The van der Waals surface area contributed by atoms with E-state index in [1.54, 1.807) is 30.3 Å². The van der Waals surface area contributed by atoms with Crippen LogP contribution in [0.4, 0.5) is 0 Å². The quantitative estimate of drug-likeness (QED) is 0.647. The molecule has 0 saturated carbocycles. The molecule has 0 aliphatic carbocycles. The lowest BCUT2D eigenvalue weighted by Crippen LogP contribution is -2.01. The van der Waals surface area contributed by atoms with Crippen LogP contribution in [0.15, 0.2) is 45.4 Å². The van der Waals surface area contributed by atoms with Crippen molar-refractivity contribution in [2.45, 2.75) is 0 Å². The number of hydrogen-bond acceptors (Lipinski definition) is 5. The number of ether oxygens (including phenoxy) is 1. The molecule has 5 nitrogen and oxygen atoms in total. The Balaban J connectivity index is 2.20. The van der Waals surface area contributed by atoms with Crippen LogP contribution in [0.1, 0.15) is 10.4 Å². The van der Waals surface area contributed by atoms with Crippen molar-refractivity contribution < 1.29 is 18.4 Å². The van der Waals surface area contributed by atoms with Gasteiger partial charge < -0.3 is 13.6 Å². The van der Waals surface area contributed by atoms with Crippen molar-refractivity contribution in [1.82, 2.24) is 4.98 Å². The lowest BCUT2D eigenvalue weighted by Gasteiger charge is -1.97. The van der Waals surface area contributed by atoms with Gasteiger partial charge in [0.2, 0.25) is 0 Å². The highest BCUT2D eigenvalue weighted by Gasteiger charge is 2.17. The zero-order valence-electron chi connectivity index (χ0n) is 9.54. The summed E-state index contributed by atoms with van der Waals surface area (Å²) < 4.78 is 15.4. The van der Waals surface area contributed by atoms with Crippen molar-refractivity contribution in [3.05, 3.63) is 42.2 Å². The first-order chi connectivity index (χ1) is 8.79. The molecule has 2 heterocycles. The Hall–Kier alpha value is -2.56. The maximum atomic E-state index is 11.6. The number of hydrogen-bond donors (Lipinski definition) is 0. The predicted molar refractivity (Wildman–Crippen MR) is 63.1 cm³/mol. The maximum Gasteiger partial charge on any atom is 0.340 e. The third-order valence-electron chi connectivity index (χ3n) is 2.56. The Morgan fingerprint density at radius 1 is 1.28 bits per heavy atom. The Morgan fingerprint density at radius 2 is 2.17 bits per heavy atom. The second-order valence-corrected chi connectivity index (χ2v) is 3.64. The molecule has 0 N–H and O–H groups in total. The molecule has 0 aliphatic rings. The highest BCUT2D eigenvalue weighted by molar-refractivity contribution is 6.01. The van der Waals surface area contributed by atoms with Crippen LogP contribution in [-0.2, 0) is 4.74 Å². The van der Waals surface area contributed by atoms with Crippen LogP contribution in [0.5, 0.6) is 0 Å². The number of benzene rings is 1. The average molecular weight is 243 g/mol. The van der Waals surface area contributed by atoms with E-state index in [1.807, 2.05) is 0 Å². The number of esters is 1. The molecule has 90 valence electrons. The predicted octanol–water partition coefficient (Wildman–Crippen LogP) is 2.87. The zero-order valence-corrected chi connectivity index (χ0v) is 9.54. The van der Waals surface area contributed by atoms with E-state index in [0.29, 0.717) is 28.3 Å². The topological polar surface area (TPSA) is 65.5 Å². The van der Waals surface area contributed by atoms with Gasteiger partial charge in [-0.2, -0.15) is 0 Å². The number of carbonyl (C=O) groups excluding carboxylic acids is 1. The number of aromatic nitrogens is 1. The molecule has 0 radical (unpaired) electrons. The summed E-state index contributed by atoms with van der Waals surface area (Å²) in [5, 5.41) is 0. The van der Waals surface area contributed by atoms with E-state index in [0.717, 1.165) is 0 Å². The molecule has 1 aromatic carbocycles. The van der Waals surface area contributed by atoms with E-state index in [2.05, 4.69) is 4.98 Å². The van der Waals surface area contributed by atoms with Gasteiger partial charge in [-0.05, 0) is 24.3 Å². The summed E-state index contributed by atoms with van der Waals surface area (Å²) >= 11 is 0. The number of nitrogens with zero attached hydrogens (tertiary/aromatic N) is 1. The van der Waals surface area contributed by atoms with Crippen molar-refractivity contribution in [2.24, 2.45) is 0 Å². The largest absolute Gasteiger partial charge is 0.465 e. The fraction of sp³-hybridized carbons (Fsp3) is 0.0769. The highest BCUT2D eigenvalue weighted by atomic mass is 16.5. The minimum absolute atomic E-state index is 0.339. The summed E-state index contributed by atoms with van der Waals surface area (Å²) in [6.45, 7) is 0. The first-order valence-electron chi connectivity index (χ1n) is 5.31. The van der Waals surface area contributed by atoms with Gasteiger partial charge in [-0.1, -0.05) is 6.07 Å². The molecule has 2 aromatic heterocycles. The summed E-state index contributed by atoms with van der Waals surface area (Å²) in [7, 11) is 1.33. The van der Waals surface area contributed by atoms with Crippen molar-refractivity contribution in [3.8, 4) is 11.7 Å². The van der Waals surface area contributed by atoms with Gasteiger partial charge in [-0.15, -0.1) is 0 Å². The number of carbonyl (C=O) groups is 1. The molecule has 0 fully saturated rings. The Morgan fingerprint density at radius 3 is 2.89 bits per heavy atom. The molecule has 0 saturated heterocycles. The molecule has 18 heavy (non-hydrogen) atoms. The van der Waals surface area contributed by atoms with E-state index in [-0.39, 0.29) is 0 Å². The molecule has 3 aromatic rings. The SMILES string of the molecule is COC(=O)c1cccc2oc(-c3ccco3)nc12. The summed E-state index contributed by atoms with van der Waals surface area (Å²) in [4.78, 5) is 15.9. The number of methoxy groups -OCH3 is 1. The molecule has 0 bridgehead atoms. The van der Waals surface area contributed by atoms with Crippen LogP contribution >= 0.6 is 0 Å². The number of fused-ring (bicyclic) bond motifs is 1. The normalized spacial score (nSPS) is 10.7. The molecule has 3 rings (SSSR count). The Labute approximate surface area is 102 Å². The van der Waals surface area contributed by atoms with Gasteiger partial charge in [-0.3, -0.25) is 0 Å². The van der Waals surface area contributed by atoms with Crippen molar-refractivity contribution in [3.63, 3.8) is 0 Å². The van der Waals surface area contributed by atoms with Gasteiger partial charge in [0, 0.05) is 0 Å².